The topological polar surface area (TPSA) is 63.8 Å². The molecule has 0 aliphatic carbocycles. The summed E-state index contributed by atoms with van der Waals surface area (Å²) in [5, 5.41) is 3.91. The number of hydrogen-bond donors (Lipinski definition) is 2. The molecule has 1 aromatic carbocycles. The van der Waals surface area contributed by atoms with E-state index in [2.05, 4.69) is 38.1 Å². The minimum Gasteiger partial charge on any atom is -0.383 e. The fourth-order valence-corrected chi connectivity index (χ4v) is 2.24. The van der Waals surface area contributed by atoms with Crippen molar-refractivity contribution in [1.29, 1.82) is 0 Å². The molecule has 0 unspecified atom stereocenters. The van der Waals surface area contributed by atoms with Gasteiger partial charge in [0.2, 0.25) is 0 Å². The number of nitrogens with two attached hydrogens (primary N) is 1. The summed E-state index contributed by atoms with van der Waals surface area (Å²) in [7, 11) is 0. The van der Waals surface area contributed by atoms with E-state index in [4.69, 9.17) is 17.3 Å². The number of hydrogen-bond acceptors (Lipinski definition) is 4. The number of aromatic nitrogens is 2. The maximum absolute atomic E-state index is 5.97. The van der Waals surface area contributed by atoms with Crippen molar-refractivity contribution in [3.63, 3.8) is 0 Å². The average Bonchev–Trinajstić information content (AvgIpc) is 2.38. The Morgan fingerprint density at radius 1 is 1.37 bits per heavy atom. The molecule has 1 aromatic heterocycles. The maximum Gasteiger partial charge on any atom is 0.139 e. The van der Waals surface area contributed by atoms with Crippen molar-refractivity contribution in [3.05, 3.63) is 39.6 Å². The lowest BCUT2D eigenvalue weighted by Crippen LogP contribution is -2.05. The molecule has 0 aliphatic rings. The second kappa shape index (κ2) is 6.21. The van der Waals surface area contributed by atoms with Gasteiger partial charge in [0.05, 0.1) is 5.02 Å². The lowest BCUT2D eigenvalue weighted by molar-refractivity contribution is 0.908. The summed E-state index contributed by atoms with van der Waals surface area (Å²) >= 11 is 9.36. The van der Waals surface area contributed by atoms with Gasteiger partial charge in [0.1, 0.15) is 18.0 Å². The third-order valence-corrected chi connectivity index (χ3v) is 3.87. The van der Waals surface area contributed by atoms with Crippen LogP contribution in [0.1, 0.15) is 18.9 Å². The lowest BCUT2D eigenvalue weighted by atomic mass is 10.1. The molecule has 6 heteroatoms. The predicted octanol–water partition coefficient (Wildman–Crippen LogP) is 4.17. The van der Waals surface area contributed by atoms with Crippen molar-refractivity contribution in [1.82, 2.24) is 9.97 Å². The van der Waals surface area contributed by atoms with Crippen LogP contribution in [0.3, 0.4) is 0 Å². The fourth-order valence-electron chi connectivity index (χ4n) is 1.74. The minimum absolute atomic E-state index is 0.521. The molecule has 0 aliphatic heterocycles. The Kier molecular flexibility index (Phi) is 4.61. The van der Waals surface area contributed by atoms with Crippen molar-refractivity contribution in [3.8, 4) is 0 Å². The molecule has 2 aromatic rings. The number of nitrogens with zero attached hydrogens (tertiary/aromatic N) is 2. The van der Waals surface area contributed by atoms with E-state index in [1.165, 1.54) is 6.33 Å². The van der Waals surface area contributed by atoms with E-state index >= 15 is 0 Å². The van der Waals surface area contributed by atoms with Gasteiger partial charge < -0.3 is 11.1 Å². The monoisotopic (exact) mass is 340 g/mol. The van der Waals surface area contributed by atoms with Crippen LogP contribution in [0.25, 0.3) is 0 Å². The van der Waals surface area contributed by atoms with Gasteiger partial charge in [-0.3, -0.25) is 0 Å². The minimum atomic E-state index is 0.521. The van der Waals surface area contributed by atoms with Gasteiger partial charge in [-0.2, -0.15) is 0 Å². The van der Waals surface area contributed by atoms with E-state index in [-0.39, 0.29) is 0 Å². The Labute approximate surface area is 125 Å². The molecule has 0 fully saturated rings. The summed E-state index contributed by atoms with van der Waals surface area (Å²) in [5.41, 5.74) is 7.73. The third-order valence-electron chi connectivity index (χ3n) is 2.66. The van der Waals surface area contributed by atoms with Gasteiger partial charge in [0.15, 0.2) is 0 Å². The van der Waals surface area contributed by atoms with Crippen molar-refractivity contribution in [2.45, 2.75) is 19.8 Å². The second-order valence-corrected chi connectivity index (χ2v) is 5.35. The van der Waals surface area contributed by atoms with Crippen LogP contribution >= 0.6 is 27.5 Å². The van der Waals surface area contributed by atoms with E-state index < -0.39 is 0 Å². The molecular formula is C13H14BrClN4. The molecule has 0 bridgehead atoms. The molecule has 0 saturated carbocycles. The highest BCUT2D eigenvalue weighted by atomic mass is 79.9. The van der Waals surface area contributed by atoms with Crippen molar-refractivity contribution in [2.75, 3.05) is 11.1 Å². The van der Waals surface area contributed by atoms with E-state index in [0.717, 1.165) is 34.4 Å². The SMILES string of the molecule is CCCc1c(N)ncnc1Nc1ccc(Cl)c(Br)c1. The van der Waals surface area contributed by atoms with E-state index in [0.29, 0.717) is 10.8 Å². The largest absolute Gasteiger partial charge is 0.383 e. The summed E-state index contributed by atoms with van der Waals surface area (Å²) < 4.78 is 0.832. The van der Waals surface area contributed by atoms with Gasteiger partial charge in [0, 0.05) is 15.7 Å². The zero-order chi connectivity index (χ0) is 13.8. The zero-order valence-corrected chi connectivity index (χ0v) is 12.8. The maximum atomic E-state index is 5.97. The first-order valence-electron chi connectivity index (χ1n) is 5.93. The fraction of sp³-hybridized carbons (Fsp3) is 0.231. The zero-order valence-electron chi connectivity index (χ0n) is 10.5. The molecule has 19 heavy (non-hydrogen) atoms. The molecule has 100 valence electrons. The van der Waals surface area contributed by atoms with Crippen molar-refractivity contribution in [2.24, 2.45) is 0 Å². The molecule has 0 radical (unpaired) electrons. The Morgan fingerprint density at radius 3 is 2.84 bits per heavy atom. The Balaban J connectivity index is 2.32. The van der Waals surface area contributed by atoms with Crippen LogP contribution in [0.4, 0.5) is 17.3 Å². The molecule has 1 heterocycles. The number of anilines is 3. The standard InChI is InChI=1S/C13H14BrClN4/c1-2-3-9-12(16)17-7-18-13(9)19-8-4-5-11(15)10(14)6-8/h4-7H,2-3H2,1H3,(H3,16,17,18,19). The average molecular weight is 342 g/mol. The number of benzene rings is 1. The first kappa shape index (κ1) is 14.1. The second-order valence-electron chi connectivity index (χ2n) is 4.09. The summed E-state index contributed by atoms with van der Waals surface area (Å²) in [4.78, 5) is 8.28. The van der Waals surface area contributed by atoms with Crippen LogP contribution in [-0.4, -0.2) is 9.97 Å². The van der Waals surface area contributed by atoms with Gasteiger partial charge in [-0.1, -0.05) is 24.9 Å². The highest BCUT2D eigenvalue weighted by molar-refractivity contribution is 9.10. The van der Waals surface area contributed by atoms with E-state index in [1.807, 2.05) is 18.2 Å². The van der Waals surface area contributed by atoms with Crippen LogP contribution in [0.5, 0.6) is 0 Å². The summed E-state index contributed by atoms with van der Waals surface area (Å²) in [6.07, 6.45) is 3.28. The van der Waals surface area contributed by atoms with Crippen LogP contribution in [-0.2, 0) is 6.42 Å². The normalized spacial score (nSPS) is 10.5. The number of nitrogen functional groups attached to an aromatic ring is 1. The van der Waals surface area contributed by atoms with Gasteiger partial charge in [-0.05, 0) is 40.5 Å². The molecule has 0 saturated heterocycles. The first-order valence-corrected chi connectivity index (χ1v) is 7.10. The highest BCUT2D eigenvalue weighted by Gasteiger charge is 2.09. The van der Waals surface area contributed by atoms with Crippen molar-refractivity contribution >= 4 is 44.9 Å². The van der Waals surface area contributed by atoms with Gasteiger partial charge >= 0.3 is 0 Å². The van der Waals surface area contributed by atoms with Gasteiger partial charge in [-0.15, -0.1) is 0 Å². The molecule has 4 nitrogen and oxygen atoms in total. The number of nitrogens with one attached hydrogen (secondary N) is 1. The third kappa shape index (κ3) is 3.36. The molecule has 2 rings (SSSR count). The number of halogens is 2. The predicted molar refractivity (Wildman–Crippen MR) is 82.9 cm³/mol. The highest BCUT2D eigenvalue weighted by Crippen LogP contribution is 2.28. The van der Waals surface area contributed by atoms with Gasteiger partial charge in [-0.25, -0.2) is 9.97 Å². The summed E-state index contributed by atoms with van der Waals surface area (Å²) in [6, 6.07) is 5.61. The summed E-state index contributed by atoms with van der Waals surface area (Å²) in [6.45, 7) is 2.09. The van der Waals surface area contributed by atoms with Crippen LogP contribution in [0.15, 0.2) is 29.0 Å². The first-order chi connectivity index (χ1) is 9.11. The summed E-state index contributed by atoms with van der Waals surface area (Å²) in [5.74, 6) is 1.26. The van der Waals surface area contributed by atoms with Crippen LogP contribution < -0.4 is 11.1 Å². The Hall–Kier alpha value is -1.33. The molecule has 0 atom stereocenters. The van der Waals surface area contributed by atoms with Gasteiger partial charge in [0.25, 0.3) is 0 Å². The lowest BCUT2D eigenvalue weighted by Gasteiger charge is -2.12. The number of rotatable bonds is 4. The molecular weight excluding hydrogens is 328 g/mol. The molecule has 0 amide bonds. The van der Waals surface area contributed by atoms with E-state index in [1.54, 1.807) is 0 Å². The quantitative estimate of drug-likeness (QED) is 0.876. The Morgan fingerprint density at radius 2 is 2.16 bits per heavy atom. The van der Waals surface area contributed by atoms with Crippen molar-refractivity contribution < 1.29 is 0 Å². The smallest absolute Gasteiger partial charge is 0.139 e. The Bertz CT molecular complexity index is 589. The molecule has 0 spiro atoms. The van der Waals surface area contributed by atoms with Crippen LogP contribution in [0.2, 0.25) is 5.02 Å². The van der Waals surface area contributed by atoms with E-state index in [9.17, 15) is 0 Å². The molecule has 3 N–H and O–H groups in total. The van der Waals surface area contributed by atoms with Crippen LogP contribution in [0, 0.1) is 0 Å².